The van der Waals surface area contributed by atoms with E-state index >= 15 is 0 Å². The van der Waals surface area contributed by atoms with Gasteiger partial charge < -0.3 is 24.6 Å². The highest BCUT2D eigenvalue weighted by Crippen LogP contribution is 2.37. The summed E-state index contributed by atoms with van der Waals surface area (Å²) >= 11 is 0. The van der Waals surface area contributed by atoms with Crippen LogP contribution in [0.25, 0.3) is 10.8 Å². The molecule has 0 radical (unpaired) electrons. The SMILES string of the molecule is COc1cc(N2CCc3c(nc(OC)nc3N3CCNCC(F)(F)C3)C2)c2ccccc2c1. The second-order valence-corrected chi connectivity index (χ2v) is 8.45. The Balaban J connectivity index is 1.54. The standard InChI is InChI=1S/C24H27F2N5O2/c1-32-17-11-16-5-3-4-6-18(16)21(12-17)30-9-7-19-20(13-30)28-23(33-2)29-22(19)31-10-8-27-14-24(25,26)15-31/h3-6,11-12,27H,7-10,13-15H2,1-2H3. The molecule has 2 aliphatic heterocycles. The topological polar surface area (TPSA) is 62.8 Å². The highest BCUT2D eigenvalue weighted by molar-refractivity contribution is 5.95. The summed E-state index contributed by atoms with van der Waals surface area (Å²) in [5, 5.41) is 5.04. The van der Waals surface area contributed by atoms with Crippen LogP contribution in [0.1, 0.15) is 11.3 Å². The van der Waals surface area contributed by atoms with Crippen LogP contribution in [0.3, 0.4) is 0 Å². The molecular formula is C24H27F2N5O2. The second kappa shape index (κ2) is 8.62. The molecule has 0 bridgehead atoms. The van der Waals surface area contributed by atoms with Crippen molar-refractivity contribution in [2.24, 2.45) is 0 Å². The number of methoxy groups -OCH3 is 2. The Hall–Kier alpha value is -3.20. The Kier molecular flexibility index (Phi) is 5.65. The molecule has 0 spiro atoms. The molecule has 1 fully saturated rings. The molecule has 0 atom stereocenters. The summed E-state index contributed by atoms with van der Waals surface area (Å²) in [6.45, 7) is 1.46. The van der Waals surface area contributed by atoms with E-state index in [2.05, 4.69) is 32.3 Å². The zero-order valence-electron chi connectivity index (χ0n) is 18.8. The third-order valence-corrected chi connectivity index (χ3v) is 6.26. The number of nitrogens with zero attached hydrogens (tertiary/aromatic N) is 4. The lowest BCUT2D eigenvalue weighted by Gasteiger charge is -2.34. The first kappa shape index (κ1) is 21.6. The van der Waals surface area contributed by atoms with Gasteiger partial charge in [0.1, 0.15) is 11.6 Å². The van der Waals surface area contributed by atoms with Gasteiger partial charge in [-0.1, -0.05) is 24.3 Å². The first-order valence-electron chi connectivity index (χ1n) is 11.1. The lowest BCUT2D eigenvalue weighted by atomic mass is 10.0. The molecule has 0 aliphatic carbocycles. The van der Waals surface area contributed by atoms with Crippen molar-refractivity contribution < 1.29 is 18.3 Å². The predicted molar refractivity (Wildman–Crippen MR) is 124 cm³/mol. The van der Waals surface area contributed by atoms with Crippen molar-refractivity contribution in [2.75, 3.05) is 56.7 Å². The largest absolute Gasteiger partial charge is 0.497 e. The number of hydrogen-bond acceptors (Lipinski definition) is 7. The van der Waals surface area contributed by atoms with E-state index in [1.54, 1.807) is 12.0 Å². The Morgan fingerprint density at radius 3 is 2.70 bits per heavy atom. The summed E-state index contributed by atoms with van der Waals surface area (Å²) in [6, 6.07) is 12.4. The molecule has 1 aromatic heterocycles. The first-order chi connectivity index (χ1) is 16.0. The lowest BCUT2D eigenvalue weighted by Crippen LogP contribution is -2.40. The zero-order chi connectivity index (χ0) is 23.0. The average molecular weight is 456 g/mol. The fourth-order valence-corrected chi connectivity index (χ4v) is 4.67. The van der Waals surface area contributed by atoms with E-state index in [1.165, 1.54) is 7.11 Å². The van der Waals surface area contributed by atoms with Crippen LogP contribution in [0.4, 0.5) is 20.3 Å². The third kappa shape index (κ3) is 4.25. The van der Waals surface area contributed by atoms with Gasteiger partial charge in [-0.2, -0.15) is 9.97 Å². The molecule has 0 amide bonds. The molecule has 2 aliphatic rings. The van der Waals surface area contributed by atoms with Gasteiger partial charge in [0.15, 0.2) is 0 Å². The summed E-state index contributed by atoms with van der Waals surface area (Å²) in [6.07, 6.45) is 0.649. The molecule has 0 saturated carbocycles. The van der Waals surface area contributed by atoms with Gasteiger partial charge >= 0.3 is 6.01 Å². The molecule has 3 heterocycles. The number of aromatic nitrogens is 2. The van der Waals surface area contributed by atoms with Crippen LogP contribution in [-0.2, 0) is 13.0 Å². The van der Waals surface area contributed by atoms with Gasteiger partial charge in [-0.05, 0) is 17.9 Å². The number of alkyl halides is 2. The van der Waals surface area contributed by atoms with Gasteiger partial charge in [-0.15, -0.1) is 0 Å². The summed E-state index contributed by atoms with van der Waals surface area (Å²) in [4.78, 5) is 13.0. The van der Waals surface area contributed by atoms with Crippen LogP contribution in [0, 0.1) is 0 Å². The molecule has 9 heteroatoms. The number of benzene rings is 2. The van der Waals surface area contributed by atoms with Gasteiger partial charge in [0.25, 0.3) is 5.92 Å². The fraction of sp³-hybridized carbons (Fsp3) is 0.417. The van der Waals surface area contributed by atoms with Gasteiger partial charge in [-0.25, -0.2) is 8.78 Å². The normalized spacial score (nSPS) is 18.1. The quantitative estimate of drug-likeness (QED) is 0.648. The van der Waals surface area contributed by atoms with Crippen LogP contribution in [-0.4, -0.2) is 62.8 Å². The Morgan fingerprint density at radius 2 is 1.88 bits per heavy atom. The van der Waals surface area contributed by atoms with Crippen LogP contribution in [0.2, 0.25) is 0 Å². The number of fused-ring (bicyclic) bond motifs is 2. The van der Waals surface area contributed by atoms with E-state index < -0.39 is 5.92 Å². The fourth-order valence-electron chi connectivity index (χ4n) is 4.67. The summed E-state index contributed by atoms with van der Waals surface area (Å²) in [7, 11) is 3.16. The van der Waals surface area contributed by atoms with Crippen molar-refractivity contribution in [1.29, 1.82) is 0 Å². The Morgan fingerprint density at radius 1 is 1.03 bits per heavy atom. The van der Waals surface area contributed by atoms with Crippen molar-refractivity contribution in [2.45, 2.75) is 18.9 Å². The number of ether oxygens (including phenoxy) is 2. The summed E-state index contributed by atoms with van der Waals surface area (Å²) < 4.78 is 39.5. The van der Waals surface area contributed by atoms with E-state index in [4.69, 9.17) is 9.47 Å². The van der Waals surface area contributed by atoms with Crippen molar-refractivity contribution in [3.8, 4) is 11.8 Å². The number of hydrogen-bond donors (Lipinski definition) is 1. The summed E-state index contributed by atoms with van der Waals surface area (Å²) in [5.41, 5.74) is 2.77. The minimum absolute atomic E-state index is 0.196. The first-order valence-corrected chi connectivity index (χ1v) is 11.1. The maximum absolute atomic E-state index is 14.3. The monoisotopic (exact) mass is 455 g/mol. The van der Waals surface area contributed by atoms with Crippen molar-refractivity contribution in [3.05, 3.63) is 47.7 Å². The summed E-state index contributed by atoms with van der Waals surface area (Å²) in [5.74, 6) is -1.49. The van der Waals surface area contributed by atoms with Crippen LogP contribution in [0.15, 0.2) is 36.4 Å². The zero-order valence-corrected chi connectivity index (χ0v) is 18.8. The highest BCUT2D eigenvalue weighted by Gasteiger charge is 2.36. The van der Waals surface area contributed by atoms with Crippen LogP contribution < -0.4 is 24.6 Å². The maximum Gasteiger partial charge on any atom is 0.318 e. The van der Waals surface area contributed by atoms with E-state index in [1.807, 2.05) is 24.3 Å². The number of nitrogens with one attached hydrogen (secondary N) is 1. The smallest absolute Gasteiger partial charge is 0.318 e. The Bertz CT molecular complexity index is 1170. The molecule has 7 nitrogen and oxygen atoms in total. The molecule has 1 N–H and O–H groups in total. The van der Waals surface area contributed by atoms with E-state index in [-0.39, 0.29) is 19.1 Å². The van der Waals surface area contributed by atoms with E-state index in [0.717, 1.165) is 40.0 Å². The van der Waals surface area contributed by atoms with Gasteiger partial charge in [0, 0.05) is 42.3 Å². The molecule has 0 unspecified atom stereocenters. The second-order valence-electron chi connectivity index (χ2n) is 8.45. The van der Waals surface area contributed by atoms with Gasteiger partial charge in [-0.3, -0.25) is 0 Å². The van der Waals surface area contributed by atoms with Crippen LogP contribution in [0.5, 0.6) is 11.8 Å². The van der Waals surface area contributed by atoms with Crippen molar-refractivity contribution >= 4 is 22.3 Å². The minimum Gasteiger partial charge on any atom is -0.497 e. The molecule has 3 aromatic rings. The lowest BCUT2D eigenvalue weighted by molar-refractivity contribution is 0.0155. The minimum atomic E-state index is -2.83. The predicted octanol–water partition coefficient (Wildman–Crippen LogP) is 3.25. The average Bonchev–Trinajstić information content (AvgIpc) is 3.02. The maximum atomic E-state index is 14.3. The number of halogens is 2. The molecule has 33 heavy (non-hydrogen) atoms. The van der Waals surface area contributed by atoms with Crippen molar-refractivity contribution in [3.63, 3.8) is 0 Å². The van der Waals surface area contributed by atoms with E-state index in [9.17, 15) is 8.78 Å². The highest BCUT2D eigenvalue weighted by atomic mass is 19.3. The van der Waals surface area contributed by atoms with Gasteiger partial charge in [0.05, 0.1) is 39.5 Å². The van der Waals surface area contributed by atoms with E-state index in [0.29, 0.717) is 31.9 Å². The Labute approximate surface area is 191 Å². The third-order valence-electron chi connectivity index (χ3n) is 6.26. The number of anilines is 2. The molecule has 2 aromatic carbocycles. The number of rotatable bonds is 4. The molecule has 174 valence electrons. The van der Waals surface area contributed by atoms with Crippen LogP contribution >= 0.6 is 0 Å². The molecule has 5 rings (SSSR count). The van der Waals surface area contributed by atoms with Gasteiger partial charge in [0.2, 0.25) is 0 Å². The van der Waals surface area contributed by atoms with Crippen molar-refractivity contribution in [1.82, 2.24) is 15.3 Å². The molecular weight excluding hydrogens is 428 g/mol. The molecule has 1 saturated heterocycles.